The first-order chi connectivity index (χ1) is 15.9. The Balaban J connectivity index is 1.49. The molecule has 0 saturated heterocycles. The third kappa shape index (κ3) is 4.99. The van der Waals surface area contributed by atoms with Crippen molar-refractivity contribution in [1.29, 1.82) is 0 Å². The number of methoxy groups -OCH3 is 1. The molecule has 0 spiro atoms. The minimum absolute atomic E-state index is 0.169. The zero-order valence-corrected chi connectivity index (χ0v) is 19.0. The average Bonchev–Trinajstić information content (AvgIpc) is 2.82. The van der Waals surface area contributed by atoms with Gasteiger partial charge in [0.15, 0.2) is 5.78 Å². The van der Waals surface area contributed by atoms with Crippen molar-refractivity contribution >= 4 is 46.5 Å². The lowest BCUT2D eigenvalue weighted by atomic mass is 9.86. The number of fused-ring (bicyclic) bond motifs is 1. The SMILES string of the molecule is COc1ccc(CNC(=O)c2ccc3c(c2)C(=O)C(Cc2ccc(Cl)c(Cl)c2)C(=O)N3)cn1. The van der Waals surface area contributed by atoms with Gasteiger partial charge in [-0.2, -0.15) is 0 Å². The largest absolute Gasteiger partial charge is 0.481 e. The van der Waals surface area contributed by atoms with Crippen LogP contribution in [0.15, 0.2) is 54.7 Å². The third-order valence-corrected chi connectivity index (χ3v) is 6.06. The van der Waals surface area contributed by atoms with E-state index < -0.39 is 11.8 Å². The summed E-state index contributed by atoms with van der Waals surface area (Å²) in [6, 6.07) is 13.1. The summed E-state index contributed by atoms with van der Waals surface area (Å²) in [5.41, 5.74) is 2.49. The van der Waals surface area contributed by atoms with E-state index in [2.05, 4.69) is 15.6 Å². The van der Waals surface area contributed by atoms with E-state index in [4.69, 9.17) is 27.9 Å². The summed E-state index contributed by atoms with van der Waals surface area (Å²) >= 11 is 12.0. The standard InChI is InChI=1S/C24H19Cl2N3O4/c1-33-21-7-3-14(11-27-21)12-28-23(31)15-4-6-20-16(10-15)22(30)17(24(32)29-20)8-13-2-5-18(25)19(26)9-13/h2-7,9-11,17H,8,12H2,1H3,(H,28,31)(H,29,32). The van der Waals surface area contributed by atoms with Crippen LogP contribution in [0.2, 0.25) is 10.0 Å². The maximum Gasteiger partial charge on any atom is 0.251 e. The molecular weight excluding hydrogens is 465 g/mol. The Labute approximate surface area is 200 Å². The molecule has 1 aliphatic rings. The lowest BCUT2D eigenvalue weighted by molar-refractivity contribution is -0.118. The van der Waals surface area contributed by atoms with Gasteiger partial charge in [-0.15, -0.1) is 0 Å². The predicted molar refractivity (Wildman–Crippen MR) is 125 cm³/mol. The van der Waals surface area contributed by atoms with Crippen LogP contribution in [0.25, 0.3) is 0 Å². The number of rotatable bonds is 6. The molecule has 0 aliphatic carbocycles. The molecule has 0 bridgehead atoms. The number of aromatic nitrogens is 1. The number of nitrogens with zero attached hydrogens (tertiary/aromatic N) is 1. The molecule has 1 aliphatic heterocycles. The molecule has 1 aromatic heterocycles. The molecule has 2 heterocycles. The number of nitrogens with one attached hydrogen (secondary N) is 2. The van der Waals surface area contributed by atoms with E-state index in [1.54, 1.807) is 48.7 Å². The van der Waals surface area contributed by atoms with Gasteiger partial charge in [0.05, 0.1) is 22.8 Å². The maximum absolute atomic E-state index is 13.1. The molecule has 0 fully saturated rings. The molecule has 7 nitrogen and oxygen atoms in total. The van der Waals surface area contributed by atoms with Crippen LogP contribution in [0.4, 0.5) is 5.69 Å². The molecule has 9 heteroatoms. The second-order valence-electron chi connectivity index (χ2n) is 7.51. The van der Waals surface area contributed by atoms with Gasteiger partial charge in [-0.1, -0.05) is 35.3 Å². The Morgan fingerprint density at radius 3 is 2.55 bits per heavy atom. The number of carbonyl (C=O) groups is 3. The van der Waals surface area contributed by atoms with E-state index in [1.807, 2.05) is 0 Å². The van der Waals surface area contributed by atoms with Crippen LogP contribution >= 0.6 is 23.2 Å². The van der Waals surface area contributed by atoms with Gasteiger partial charge in [-0.25, -0.2) is 4.98 Å². The Morgan fingerprint density at radius 1 is 1.06 bits per heavy atom. The molecule has 4 rings (SSSR count). The lowest BCUT2D eigenvalue weighted by Crippen LogP contribution is -2.37. The number of hydrogen-bond acceptors (Lipinski definition) is 5. The van der Waals surface area contributed by atoms with Gasteiger partial charge < -0.3 is 15.4 Å². The van der Waals surface area contributed by atoms with Crippen molar-refractivity contribution in [1.82, 2.24) is 10.3 Å². The molecular formula is C24H19Cl2N3O4. The van der Waals surface area contributed by atoms with Crippen molar-refractivity contribution in [2.24, 2.45) is 5.92 Å². The fourth-order valence-electron chi connectivity index (χ4n) is 3.53. The first kappa shape index (κ1) is 22.8. The summed E-state index contributed by atoms with van der Waals surface area (Å²) in [6.07, 6.45) is 1.78. The predicted octanol–water partition coefficient (Wildman–Crippen LogP) is 4.32. The van der Waals surface area contributed by atoms with Crippen LogP contribution in [-0.2, 0) is 17.8 Å². The second kappa shape index (κ2) is 9.60. The topological polar surface area (TPSA) is 97.4 Å². The Kier molecular flexibility index (Phi) is 6.62. The van der Waals surface area contributed by atoms with Gasteiger partial charge in [0.25, 0.3) is 5.91 Å². The number of ketones is 1. The van der Waals surface area contributed by atoms with Gasteiger partial charge in [-0.3, -0.25) is 14.4 Å². The zero-order valence-electron chi connectivity index (χ0n) is 17.5. The second-order valence-corrected chi connectivity index (χ2v) is 8.32. The highest BCUT2D eigenvalue weighted by atomic mass is 35.5. The number of benzene rings is 2. The average molecular weight is 484 g/mol. The first-order valence-electron chi connectivity index (χ1n) is 10.1. The molecule has 168 valence electrons. The summed E-state index contributed by atoms with van der Waals surface area (Å²) in [5, 5.41) is 6.30. The fraction of sp³-hybridized carbons (Fsp3) is 0.167. The van der Waals surface area contributed by atoms with Gasteiger partial charge in [-0.05, 0) is 47.9 Å². The molecule has 0 radical (unpaired) electrons. The molecule has 2 amide bonds. The quantitative estimate of drug-likeness (QED) is 0.508. The minimum atomic E-state index is -0.932. The minimum Gasteiger partial charge on any atom is -0.481 e. The molecule has 3 aromatic rings. The van der Waals surface area contributed by atoms with E-state index in [0.717, 1.165) is 5.56 Å². The van der Waals surface area contributed by atoms with Crippen LogP contribution in [-0.4, -0.2) is 29.7 Å². The molecule has 0 saturated carbocycles. The number of carbonyl (C=O) groups excluding carboxylic acids is 3. The lowest BCUT2D eigenvalue weighted by Gasteiger charge is -2.24. The van der Waals surface area contributed by atoms with Crippen LogP contribution in [0.1, 0.15) is 31.8 Å². The van der Waals surface area contributed by atoms with Crippen molar-refractivity contribution < 1.29 is 19.1 Å². The fourth-order valence-corrected chi connectivity index (χ4v) is 3.85. The summed E-state index contributed by atoms with van der Waals surface area (Å²) in [4.78, 5) is 42.4. The van der Waals surface area contributed by atoms with E-state index >= 15 is 0 Å². The molecule has 2 aromatic carbocycles. The maximum atomic E-state index is 13.1. The molecule has 33 heavy (non-hydrogen) atoms. The van der Waals surface area contributed by atoms with E-state index in [1.165, 1.54) is 13.2 Å². The van der Waals surface area contributed by atoms with Crippen molar-refractivity contribution in [3.8, 4) is 5.88 Å². The van der Waals surface area contributed by atoms with Crippen molar-refractivity contribution in [2.75, 3.05) is 12.4 Å². The normalized spacial score (nSPS) is 14.9. The van der Waals surface area contributed by atoms with Gasteiger partial charge in [0.2, 0.25) is 11.8 Å². The van der Waals surface area contributed by atoms with Crippen LogP contribution < -0.4 is 15.4 Å². The number of ether oxygens (including phenoxy) is 1. The highest BCUT2D eigenvalue weighted by Gasteiger charge is 2.34. The van der Waals surface area contributed by atoms with Crippen LogP contribution in [0.3, 0.4) is 0 Å². The zero-order chi connectivity index (χ0) is 23.5. The van der Waals surface area contributed by atoms with E-state index in [9.17, 15) is 14.4 Å². The smallest absolute Gasteiger partial charge is 0.251 e. The monoisotopic (exact) mass is 483 g/mol. The van der Waals surface area contributed by atoms with Gasteiger partial charge >= 0.3 is 0 Å². The summed E-state index contributed by atoms with van der Waals surface area (Å²) in [6.45, 7) is 0.261. The number of pyridine rings is 1. The van der Waals surface area contributed by atoms with Crippen LogP contribution in [0, 0.1) is 5.92 Å². The first-order valence-corrected chi connectivity index (χ1v) is 10.8. The van der Waals surface area contributed by atoms with E-state index in [-0.39, 0.29) is 24.7 Å². The van der Waals surface area contributed by atoms with Gasteiger partial charge in [0, 0.05) is 29.9 Å². The third-order valence-electron chi connectivity index (χ3n) is 5.32. The molecule has 2 N–H and O–H groups in total. The highest BCUT2D eigenvalue weighted by Crippen LogP contribution is 2.30. The van der Waals surface area contributed by atoms with Crippen molar-refractivity contribution in [3.05, 3.63) is 87.0 Å². The summed E-state index contributed by atoms with van der Waals surface area (Å²) in [7, 11) is 1.53. The Bertz CT molecular complexity index is 1240. The summed E-state index contributed by atoms with van der Waals surface area (Å²) < 4.78 is 5.02. The van der Waals surface area contributed by atoms with E-state index in [0.29, 0.717) is 38.3 Å². The number of Topliss-reactive ketones (excluding diaryl/α,β-unsaturated/α-hetero) is 1. The number of amides is 2. The molecule has 1 atom stereocenters. The van der Waals surface area contributed by atoms with Crippen molar-refractivity contribution in [3.63, 3.8) is 0 Å². The van der Waals surface area contributed by atoms with Crippen LogP contribution in [0.5, 0.6) is 5.88 Å². The highest BCUT2D eigenvalue weighted by molar-refractivity contribution is 6.42. The Hall–Kier alpha value is -3.42. The number of hydrogen-bond donors (Lipinski definition) is 2. The summed E-state index contributed by atoms with van der Waals surface area (Å²) in [5.74, 6) is -1.55. The number of anilines is 1. The van der Waals surface area contributed by atoms with Gasteiger partial charge in [0.1, 0.15) is 5.92 Å². The Morgan fingerprint density at radius 2 is 1.85 bits per heavy atom. The number of halogens is 2. The molecule has 1 unspecified atom stereocenters. The van der Waals surface area contributed by atoms with Crippen molar-refractivity contribution in [2.45, 2.75) is 13.0 Å².